The molecule has 2 aromatic carbocycles. The van der Waals surface area contributed by atoms with E-state index in [1.54, 1.807) is 24.3 Å². The molecular formula is C23H28O5S. The Balaban J connectivity index is 1.43. The first-order valence-electron chi connectivity index (χ1n) is 10.1. The van der Waals surface area contributed by atoms with E-state index < -0.39 is 21.0 Å². The van der Waals surface area contributed by atoms with Crippen molar-refractivity contribution in [3.63, 3.8) is 0 Å². The summed E-state index contributed by atoms with van der Waals surface area (Å²) in [6, 6.07) is 18.6. The average molecular weight is 417 g/mol. The van der Waals surface area contributed by atoms with Crippen LogP contribution in [-0.2, 0) is 31.0 Å². The number of sulfone groups is 1. The molecule has 4 atom stereocenters. The van der Waals surface area contributed by atoms with E-state index in [9.17, 15) is 8.42 Å². The zero-order chi connectivity index (χ0) is 20.5. The third-order valence-corrected chi connectivity index (χ3v) is 8.32. The summed E-state index contributed by atoms with van der Waals surface area (Å²) in [6.45, 7) is 4.42. The van der Waals surface area contributed by atoms with Gasteiger partial charge in [-0.1, -0.05) is 48.5 Å². The Morgan fingerprint density at radius 2 is 1.69 bits per heavy atom. The van der Waals surface area contributed by atoms with Gasteiger partial charge in [-0.05, 0) is 56.7 Å². The maximum atomic E-state index is 12.9. The summed E-state index contributed by atoms with van der Waals surface area (Å²) in [5.41, 5.74) is -0.205. The van der Waals surface area contributed by atoms with Gasteiger partial charge in [0, 0.05) is 0 Å². The highest BCUT2D eigenvalue weighted by atomic mass is 32.2. The maximum absolute atomic E-state index is 12.9. The highest BCUT2D eigenvalue weighted by Gasteiger charge is 2.54. The van der Waals surface area contributed by atoms with Crippen molar-refractivity contribution in [2.24, 2.45) is 5.92 Å². The van der Waals surface area contributed by atoms with Gasteiger partial charge in [0.25, 0.3) is 0 Å². The third-order valence-electron chi connectivity index (χ3n) is 6.38. The second kappa shape index (κ2) is 7.84. The second-order valence-electron chi connectivity index (χ2n) is 8.61. The van der Waals surface area contributed by atoms with E-state index in [0.717, 1.165) is 24.8 Å². The van der Waals surface area contributed by atoms with Gasteiger partial charge in [-0.25, -0.2) is 18.2 Å². The number of hydrogen-bond donors (Lipinski definition) is 0. The largest absolute Gasteiger partial charge is 0.368 e. The molecule has 0 aromatic heterocycles. The lowest BCUT2D eigenvalue weighted by atomic mass is 9.71. The van der Waals surface area contributed by atoms with E-state index in [4.69, 9.17) is 14.5 Å². The van der Waals surface area contributed by atoms with Crippen molar-refractivity contribution >= 4 is 9.84 Å². The quantitative estimate of drug-likeness (QED) is 0.656. The van der Waals surface area contributed by atoms with Crippen LogP contribution in [-0.4, -0.2) is 31.5 Å². The van der Waals surface area contributed by atoms with Gasteiger partial charge in [0.15, 0.2) is 9.84 Å². The zero-order valence-electron chi connectivity index (χ0n) is 16.9. The summed E-state index contributed by atoms with van der Waals surface area (Å²) in [7, 11) is -3.47. The van der Waals surface area contributed by atoms with Gasteiger partial charge in [0.1, 0.15) is 11.7 Å². The van der Waals surface area contributed by atoms with Crippen LogP contribution in [0.4, 0.5) is 0 Å². The van der Waals surface area contributed by atoms with Crippen molar-refractivity contribution in [1.29, 1.82) is 0 Å². The van der Waals surface area contributed by atoms with E-state index in [-0.39, 0.29) is 17.8 Å². The second-order valence-corrected chi connectivity index (χ2v) is 10.6. The van der Waals surface area contributed by atoms with Crippen LogP contribution in [0.2, 0.25) is 0 Å². The minimum Gasteiger partial charge on any atom is -0.368 e. The lowest BCUT2D eigenvalue weighted by molar-refractivity contribution is -0.444. The molecule has 1 heterocycles. The van der Waals surface area contributed by atoms with E-state index in [1.165, 1.54) is 0 Å². The van der Waals surface area contributed by atoms with Crippen molar-refractivity contribution in [2.45, 2.75) is 61.9 Å². The summed E-state index contributed by atoms with van der Waals surface area (Å²) in [5, 5.41) is 0. The highest BCUT2D eigenvalue weighted by Crippen LogP contribution is 2.47. The van der Waals surface area contributed by atoms with Crippen LogP contribution in [0.5, 0.6) is 0 Å². The van der Waals surface area contributed by atoms with Crippen LogP contribution in [0.15, 0.2) is 65.6 Å². The van der Waals surface area contributed by atoms with Gasteiger partial charge in [-0.3, -0.25) is 0 Å². The minimum atomic E-state index is -3.47. The lowest BCUT2D eigenvalue weighted by Gasteiger charge is -2.52. The van der Waals surface area contributed by atoms with Gasteiger partial charge in [0.2, 0.25) is 0 Å². The normalized spacial score (nSPS) is 32.1. The van der Waals surface area contributed by atoms with Crippen LogP contribution >= 0.6 is 0 Å². The van der Waals surface area contributed by atoms with E-state index in [1.807, 2.05) is 43.3 Å². The molecule has 1 aliphatic carbocycles. The third kappa shape index (κ3) is 4.26. The predicted octanol–water partition coefficient (Wildman–Crippen LogP) is 4.33. The topological polar surface area (TPSA) is 61.8 Å². The number of hydrogen-bond acceptors (Lipinski definition) is 5. The van der Waals surface area contributed by atoms with Crippen molar-refractivity contribution < 1.29 is 22.9 Å². The first-order chi connectivity index (χ1) is 13.8. The molecule has 29 heavy (non-hydrogen) atoms. The van der Waals surface area contributed by atoms with Crippen LogP contribution in [0.3, 0.4) is 0 Å². The van der Waals surface area contributed by atoms with Gasteiger partial charge in [-0.2, -0.15) is 0 Å². The monoisotopic (exact) mass is 416 g/mol. The molecule has 6 heteroatoms. The molecule has 4 rings (SSSR count). The predicted molar refractivity (Wildman–Crippen MR) is 110 cm³/mol. The maximum Gasteiger partial charge on any atom is 0.181 e. The van der Waals surface area contributed by atoms with E-state index in [2.05, 4.69) is 6.92 Å². The molecule has 1 saturated heterocycles. The summed E-state index contributed by atoms with van der Waals surface area (Å²) in [5.74, 6) is 0.0105. The summed E-state index contributed by atoms with van der Waals surface area (Å²) in [4.78, 5) is 11.9. The molecule has 0 N–H and O–H groups in total. The molecule has 2 aliphatic rings. The minimum absolute atomic E-state index is 0.0943. The standard InChI is InChI=1S/C23H28O5S/c1-22(26-16-18-9-5-3-6-10-18)14-13-19-15-21(22)27-28-23(19,2)17-29(24,25)20-11-7-4-8-12-20/h3-12,19,21H,13-17H2,1-2H3/t19-,21-,22-,23-/m1/s1. The van der Waals surface area contributed by atoms with Gasteiger partial charge in [-0.15, -0.1) is 0 Å². The van der Waals surface area contributed by atoms with Gasteiger partial charge < -0.3 is 4.74 Å². The zero-order valence-corrected chi connectivity index (χ0v) is 17.7. The molecule has 0 unspecified atom stereocenters. The van der Waals surface area contributed by atoms with Crippen LogP contribution < -0.4 is 0 Å². The number of rotatable bonds is 6. The fourth-order valence-electron chi connectivity index (χ4n) is 4.40. The highest BCUT2D eigenvalue weighted by molar-refractivity contribution is 7.91. The number of ether oxygens (including phenoxy) is 1. The molecule has 2 fully saturated rings. The molecule has 2 aromatic rings. The molecule has 5 nitrogen and oxygen atoms in total. The Morgan fingerprint density at radius 3 is 2.38 bits per heavy atom. The van der Waals surface area contributed by atoms with Gasteiger partial charge in [0.05, 0.1) is 22.9 Å². The smallest absolute Gasteiger partial charge is 0.181 e. The van der Waals surface area contributed by atoms with E-state index >= 15 is 0 Å². The Kier molecular flexibility index (Phi) is 5.55. The first kappa shape index (κ1) is 20.5. The lowest BCUT2D eigenvalue weighted by Crippen LogP contribution is -2.59. The Morgan fingerprint density at radius 1 is 1.03 bits per heavy atom. The van der Waals surface area contributed by atoms with Crippen molar-refractivity contribution in [1.82, 2.24) is 0 Å². The molecule has 156 valence electrons. The molecule has 0 radical (unpaired) electrons. The molecule has 1 saturated carbocycles. The first-order valence-corrected chi connectivity index (χ1v) is 11.8. The molecule has 0 spiro atoms. The van der Waals surface area contributed by atoms with Crippen LogP contribution in [0.25, 0.3) is 0 Å². The fourth-order valence-corrected chi connectivity index (χ4v) is 6.17. The Bertz CT molecular complexity index is 930. The Labute approximate surface area is 172 Å². The summed E-state index contributed by atoms with van der Waals surface area (Å²) < 4.78 is 32.0. The molecule has 2 bridgehead atoms. The van der Waals surface area contributed by atoms with Crippen molar-refractivity contribution in [3.8, 4) is 0 Å². The molecule has 0 amide bonds. The fraction of sp³-hybridized carbons (Fsp3) is 0.478. The van der Waals surface area contributed by atoms with Gasteiger partial charge >= 0.3 is 0 Å². The average Bonchev–Trinajstić information content (AvgIpc) is 2.72. The van der Waals surface area contributed by atoms with Crippen molar-refractivity contribution in [2.75, 3.05) is 5.75 Å². The summed E-state index contributed by atoms with van der Waals surface area (Å²) >= 11 is 0. The number of benzene rings is 2. The van der Waals surface area contributed by atoms with Crippen molar-refractivity contribution in [3.05, 3.63) is 66.2 Å². The van der Waals surface area contributed by atoms with Crippen LogP contribution in [0, 0.1) is 5.92 Å². The Hall–Kier alpha value is -1.73. The molecular weight excluding hydrogens is 388 g/mol. The number of fused-ring (bicyclic) bond motifs is 2. The SMILES string of the molecule is C[C@]1(CS(=O)(=O)c2ccccc2)OO[C@@H]2C[C@H]1CC[C@@]2(C)OCc1ccccc1. The summed E-state index contributed by atoms with van der Waals surface area (Å²) in [6.07, 6.45) is 2.16. The molecule has 1 aliphatic heterocycles. The van der Waals surface area contributed by atoms with E-state index in [0.29, 0.717) is 11.5 Å². The van der Waals surface area contributed by atoms with Crippen LogP contribution in [0.1, 0.15) is 38.7 Å².